The van der Waals surface area contributed by atoms with Gasteiger partial charge in [0.15, 0.2) is 0 Å². The molecule has 0 aliphatic heterocycles. The molecule has 1 unspecified atom stereocenters. The molecule has 1 fully saturated rings. The van der Waals surface area contributed by atoms with Crippen LogP contribution in [0.5, 0.6) is 0 Å². The highest BCUT2D eigenvalue weighted by atomic mass is 32.2. The van der Waals surface area contributed by atoms with Crippen LogP contribution in [0.15, 0.2) is 35.2 Å². The number of benzene rings is 1. The average Bonchev–Trinajstić information content (AvgIpc) is 2.38. The van der Waals surface area contributed by atoms with E-state index >= 15 is 0 Å². The number of carbonyl (C=O) groups is 1. The van der Waals surface area contributed by atoms with Crippen LogP contribution in [0.3, 0.4) is 0 Å². The lowest BCUT2D eigenvalue weighted by molar-refractivity contribution is -0.108. The lowest BCUT2D eigenvalue weighted by Crippen LogP contribution is -2.21. The van der Waals surface area contributed by atoms with Crippen LogP contribution in [-0.4, -0.2) is 11.5 Å². The van der Waals surface area contributed by atoms with Crippen molar-refractivity contribution < 1.29 is 4.79 Å². The van der Waals surface area contributed by atoms with E-state index in [-0.39, 0.29) is 5.25 Å². The zero-order chi connectivity index (χ0) is 11.2. The summed E-state index contributed by atoms with van der Waals surface area (Å²) in [4.78, 5) is 12.4. The first-order valence-corrected chi connectivity index (χ1v) is 6.95. The van der Waals surface area contributed by atoms with Crippen molar-refractivity contribution in [2.75, 3.05) is 0 Å². The Morgan fingerprint density at radius 3 is 2.44 bits per heavy atom. The van der Waals surface area contributed by atoms with Crippen molar-refractivity contribution in [2.24, 2.45) is 5.92 Å². The first-order valence-electron chi connectivity index (χ1n) is 6.07. The molecule has 16 heavy (non-hydrogen) atoms. The molecule has 86 valence electrons. The van der Waals surface area contributed by atoms with Gasteiger partial charge >= 0.3 is 0 Å². The molecule has 1 aliphatic carbocycles. The van der Waals surface area contributed by atoms with Crippen LogP contribution < -0.4 is 0 Å². The first-order chi connectivity index (χ1) is 7.90. The Bertz CT molecular complexity index is 317. The van der Waals surface area contributed by atoms with Crippen molar-refractivity contribution in [1.82, 2.24) is 0 Å². The summed E-state index contributed by atoms with van der Waals surface area (Å²) in [6, 6.07) is 10.3. The summed E-state index contributed by atoms with van der Waals surface area (Å²) in [6.45, 7) is 0. The average molecular weight is 234 g/mol. The third-order valence-electron chi connectivity index (χ3n) is 3.26. The van der Waals surface area contributed by atoms with Gasteiger partial charge in [-0.15, -0.1) is 11.8 Å². The third kappa shape index (κ3) is 3.11. The minimum Gasteiger partial charge on any atom is -0.302 e. The summed E-state index contributed by atoms with van der Waals surface area (Å²) < 4.78 is 0. The lowest BCUT2D eigenvalue weighted by Gasteiger charge is -2.26. The van der Waals surface area contributed by atoms with Gasteiger partial charge in [-0.3, -0.25) is 0 Å². The summed E-state index contributed by atoms with van der Waals surface area (Å²) in [7, 11) is 0. The Hall–Kier alpha value is -0.760. The Morgan fingerprint density at radius 1 is 1.12 bits per heavy atom. The van der Waals surface area contributed by atoms with Gasteiger partial charge in [-0.05, 0) is 30.9 Å². The fourth-order valence-electron chi connectivity index (χ4n) is 2.35. The molecule has 0 saturated heterocycles. The molecule has 1 aliphatic rings. The zero-order valence-corrected chi connectivity index (χ0v) is 10.3. The first kappa shape index (κ1) is 11.7. The van der Waals surface area contributed by atoms with E-state index in [0.717, 1.165) is 6.29 Å². The maximum absolute atomic E-state index is 11.2. The molecular weight excluding hydrogens is 216 g/mol. The Balaban J connectivity index is 1.97. The van der Waals surface area contributed by atoms with Gasteiger partial charge in [0.1, 0.15) is 6.29 Å². The van der Waals surface area contributed by atoms with E-state index in [1.165, 1.54) is 37.0 Å². The van der Waals surface area contributed by atoms with Crippen LogP contribution in [0.4, 0.5) is 0 Å². The van der Waals surface area contributed by atoms with E-state index in [1.54, 1.807) is 11.8 Å². The predicted molar refractivity (Wildman–Crippen MR) is 68.7 cm³/mol. The highest BCUT2D eigenvalue weighted by Crippen LogP contribution is 2.34. The van der Waals surface area contributed by atoms with Gasteiger partial charge < -0.3 is 4.79 Å². The van der Waals surface area contributed by atoms with Gasteiger partial charge in [0.05, 0.1) is 5.25 Å². The number of hydrogen-bond donors (Lipinski definition) is 0. The molecule has 2 heteroatoms. The van der Waals surface area contributed by atoms with Crippen LogP contribution in [-0.2, 0) is 4.79 Å². The normalized spacial score (nSPS) is 19.2. The molecular formula is C14H18OS. The summed E-state index contributed by atoms with van der Waals surface area (Å²) in [5, 5.41) is 0.155. The van der Waals surface area contributed by atoms with Gasteiger partial charge in [-0.1, -0.05) is 37.5 Å². The highest BCUT2D eigenvalue weighted by molar-refractivity contribution is 8.00. The van der Waals surface area contributed by atoms with Gasteiger partial charge in [0.2, 0.25) is 0 Å². The molecule has 0 amide bonds. The minimum absolute atomic E-state index is 0.155. The minimum atomic E-state index is 0.155. The Labute approximate surface area is 102 Å². The van der Waals surface area contributed by atoms with Crippen LogP contribution >= 0.6 is 11.8 Å². The van der Waals surface area contributed by atoms with E-state index in [1.807, 2.05) is 18.2 Å². The van der Waals surface area contributed by atoms with Crippen LogP contribution in [0.25, 0.3) is 0 Å². The topological polar surface area (TPSA) is 17.1 Å². The number of thioether (sulfide) groups is 1. The standard InChI is InChI=1S/C14H18OS/c15-11-14(12-7-3-1-4-8-12)16-13-9-5-2-6-10-13/h2,5-6,9-12,14H,1,3-4,7-8H2. The van der Waals surface area contributed by atoms with E-state index in [9.17, 15) is 4.79 Å². The molecule has 0 bridgehead atoms. The number of aldehydes is 1. The predicted octanol–water partition coefficient (Wildman–Crippen LogP) is 3.93. The smallest absolute Gasteiger partial charge is 0.133 e. The van der Waals surface area contributed by atoms with Crippen LogP contribution in [0, 0.1) is 5.92 Å². The zero-order valence-electron chi connectivity index (χ0n) is 9.47. The monoisotopic (exact) mass is 234 g/mol. The highest BCUT2D eigenvalue weighted by Gasteiger charge is 2.23. The number of hydrogen-bond acceptors (Lipinski definition) is 2. The number of carbonyl (C=O) groups excluding carboxylic acids is 1. The Kier molecular flexibility index (Phi) is 4.46. The molecule has 1 atom stereocenters. The van der Waals surface area contributed by atoms with E-state index in [4.69, 9.17) is 0 Å². The van der Waals surface area contributed by atoms with Crippen LogP contribution in [0.2, 0.25) is 0 Å². The third-order valence-corrected chi connectivity index (χ3v) is 4.58. The van der Waals surface area contributed by atoms with E-state index in [0.29, 0.717) is 5.92 Å². The van der Waals surface area contributed by atoms with Gasteiger partial charge in [-0.25, -0.2) is 0 Å². The molecule has 2 rings (SSSR count). The molecule has 0 heterocycles. The van der Waals surface area contributed by atoms with Crippen LogP contribution in [0.1, 0.15) is 32.1 Å². The molecule has 1 saturated carbocycles. The lowest BCUT2D eigenvalue weighted by atomic mass is 9.87. The SMILES string of the molecule is O=CC(Sc1ccccc1)C1CCCCC1. The molecule has 0 N–H and O–H groups in total. The molecule has 0 radical (unpaired) electrons. The van der Waals surface area contributed by atoms with Crippen molar-refractivity contribution in [3.63, 3.8) is 0 Å². The van der Waals surface area contributed by atoms with E-state index in [2.05, 4.69) is 12.1 Å². The quantitative estimate of drug-likeness (QED) is 0.580. The second-order valence-corrected chi connectivity index (χ2v) is 5.68. The van der Waals surface area contributed by atoms with Crippen molar-refractivity contribution >= 4 is 18.0 Å². The second-order valence-electron chi connectivity index (χ2n) is 4.43. The molecule has 0 spiro atoms. The molecule has 0 aromatic heterocycles. The maximum Gasteiger partial charge on any atom is 0.133 e. The second kappa shape index (κ2) is 6.09. The van der Waals surface area contributed by atoms with Crippen molar-refractivity contribution in [3.8, 4) is 0 Å². The number of rotatable bonds is 4. The molecule has 1 aromatic carbocycles. The summed E-state index contributed by atoms with van der Waals surface area (Å²) in [6.07, 6.45) is 7.53. The molecule has 1 nitrogen and oxygen atoms in total. The molecule has 1 aromatic rings. The summed E-state index contributed by atoms with van der Waals surface area (Å²) >= 11 is 1.73. The summed E-state index contributed by atoms with van der Waals surface area (Å²) in [5.74, 6) is 0.594. The Morgan fingerprint density at radius 2 is 1.81 bits per heavy atom. The van der Waals surface area contributed by atoms with Gasteiger partial charge in [0, 0.05) is 4.90 Å². The van der Waals surface area contributed by atoms with Gasteiger partial charge in [0.25, 0.3) is 0 Å². The summed E-state index contributed by atoms with van der Waals surface area (Å²) in [5.41, 5.74) is 0. The fourth-order valence-corrected chi connectivity index (χ4v) is 3.50. The van der Waals surface area contributed by atoms with Crippen molar-refractivity contribution in [2.45, 2.75) is 42.2 Å². The van der Waals surface area contributed by atoms with Gasteiger partial charge in [-0.2, -0.15) is 0 Å². The van der Waals surface area contributed by atoms with Crippen molar-refractivity contribution in [1.29, 1.82) is 0 Å². The van der Waals surface area contributed by atoms with Crippen molar-refractivity contribution in [3.05, 3.63) is 30.3 Å². The fraction of sp³-hybridized carbons (Fsp3) is 0.500. The largest absolute Gasteiger partial charge is 0.302 e. The van der Waals surface area contributed by atoms with E-state index < -0.39 is 0 Å². The maximum atomic E-state index is 11.2.